The fourth-order valence-corrected chi connectivity index (χ4v) is 1.45. The third-order valence-corrected chi connectivity index (χ3v) is 1.99. The van der Waals surface area contributed by atoms with Crippen molar-refractivity contribution in [3.63, 3.8) is 0 Å². The number of fused-ring (bicyclic) bond motifs is 1. The molecule has 4 N–H and O–H groups in total. The summed E-state index contributed by atoms with van der Waals surface area (Å²) in [6.45, 7) is 1.63. The number of hydrogen-bond acceptors (Lipinski definition) is 5. The molecule has 0 saturated heterocycles. The standard InChI is InChI=1S/C7H11N5/c1-12-2-4-5(3-12)10-7(9)11-6(4)8/h2-3H2,1H3,(H4,8,9,10,11). The van der Waals surface area contributed by atoms with Crippen molar-refractivity contribution in [2.75, 3.05) is 18.5 Å². The van der Waals surface area contributed by atoms with Crippen LogP contribution in [0.4, 0.5) is 11.8 Å². The average molecular weight is 165 g/mol. The van der Waals surface area contributed by atoms with Gasteiger partial charge in [0, 0.05) is 18.7 Å². The third kappa shape index (κ3) is 0.984. The maximum Gasteiger partial charge on any atom is 0.222 e. The van der Waals surface area contributed by atoms with Crippen molar-refractivity contribution in [1.29, 1.82) is 0 Å². The van der Waals surface area contributed by atoms with Gasteiger partial charge in [0.1, 0.15) is 5.82 Å². The van der Waals surface area contributed by atoms with E-state index in [0.29, 0.717) is 5.82 Å². The molecule has 5 heteroatoms. The fraction of sp³-hybridized carbons (Fsp3) is 0.429. The van der Waals surface area contributed by atoms with Crippen LogP contribution in [0.2, 0.25) is 0 Å². The van der Waals surface area contributed by atoms with Crippen molar-refractivity contribution in [3.05, 3.63) is 11.3 Å². The first-order valence-electron chi connectivity index (χ1n) is 3.76. The van der Waals surface area contributed by atoms with Crippen molar-refractivity contribution in [2.45, 2.75) is 13.1 Å². The van der Waals surface area contributed by atoms with Crippen LogP contribution in [-0.2, 0) is 13.1 Å². The van der Waals surface area contributed by atoms with Crippen LogP contribution in [0, 0.1) is 0 Å². The number of hydrogen-bond donors (Lipinski definition) is 2. The molecule has 1 aliphatic rings. The molecule has 1 aromatic heterocycles. The molecule has 2 heterocycles. The molecule has 64 valence electrons. The highest BCUT2D eigenvalue weighted by atomic mass is 15.2. The lowest BCUT2D eigenvalue weighted by atomic mass is 10.2. The van der Waals surface area contributed by atoms with Gasteiger partial charge in [-0.2, -0.15) is 4.98 Å². The molecule has 0 atom stereocenters. The highest BCUT2D eigenvalue weighted by molar-refractivity contribution is 5.47. The van der Waals surface area contributed by atoms with E-state index in [1.165, 1.54) is 0 Å². The van der Waals surface area contributed by atoms with Crippen molar-refractivity contribution in [3.8, 4) is 0 Å². The molecule has 2 rings (SSSR count). The van der Waals surface area contributed by atoms with Crippen LogP contribution in [0.25, 0.3) is 0 Å². The smallest absolute Gasteiger partial charge is 0.222 e. The molecular formula is C7H11N5. The van der Waals surface area contributed by atoms with E-state index in [-0.39, 0.29) is 5.95 Å². The highest BCUT2D eigenvalue weighted by Crippen LogP contribution is 2.23. The Labute approximate surface area is 70.4 Å². The van der Waals surface area contributed by atoms with Gasteiger partial charge in [0.25, 0.3) is 0 Å². The van der Waals surface area contributed by atoms with E-state index in [1.54, 1.807) is 0 Å². The van der Waals surface area contributed by atoms with Crippen molar-refractivity contribution < 1.29 is 0 Å². The van der Waals surface area contributed by atoms with Crippen LogP contribution in [0.15, 0.2) is 0 Å². The van der Waals surface area contributed by atoms with Crippen LogP contribution >= 0.6 is 0 Å². The molecular weight excluding hydrogens is 154 g/mol. The Morgan fingerprint density at radius 3 is 2.75 bits per heavy atom. The van der Waals surface area contributed by atoms with Crippen LogP contribution in [-0.4, -0.2) is 21.9 Å². The summed E-state index contributed by atoms with van der Waals surface area (Å²) >= 11 is 0. The van der Waals surface area contributed by atoms with Gasteiger partial charge in [0.05, 0.1) is 5.69 Å². The topological polar surface area (TPSA) is 81.1 Å². The maximum atomic E-state index is 5.68. The number of rotatable bonds is 0. The van der Waals surface area contributed by atoms with Crippen molar-refractivity contribution in [2.24, 2.45) is 0 Å². The lowest BCUT2D eigenvalue weighted by Crippen LogP contribution is -2.08. The zero-order valence-electron chi connectivity index (χ0n) is 6.91. The Balaban J connectivity index is 2.52. The normalized spacial score (nSPS) is 16.4. The minimum atomic E-state index is 0.265. The lowest BCUT2D eigenvalue weighted by Gasteiger charge is -2.02. The minimum Gasteiger partial charge on any atom is -0.383 e. The summed E-state index contributed by atoms with van der Waals surface area (Å²) in [6.07, 6.45) is 0. The quantitative estimate of drug-likeness (QED) is 0.546. The van der Waals surface area contributed by atoms with Gasteiger partial charge in [-0.3, -0.25) is 4.90 Å². The van der Waals surface area contributed by atoms with Gasteiger partial charge in [0.15, 0.2) is 0 Å². The molecule has 0 unspecified atom stereocenters. The third-order valence-electron chi connectivity index (χ3n) is 1.99. The molecule has 12 heavy (non-hydrogen) atoms. The van der Waals surface area contributed by atoms with Crippen LogP contribution in [0.5, 0.6) is 0 Å². The molecule has 0 radical (unpaired) electrons. The van der Waals surface area contributed by atoms with E-state index in [2.05, 4.69) is 14.9 Å². The first kappa shape index (κ1) is 7.30. The summed E-state index contributed by atoms with van der Waals surface area (Å²) in [6, 6.07) is 0. The Morgan fingerprint density at radius 1 is 1.25 bits per heavy atom. The van der Waals surface area contributed by atoms with Crippen LogP contribution < -0.4 is 11.5 Å². The number of anilines is 2. The zero-order chi connectivity index (χ0) is 8.72. The fourth-order valence-electron chi connectivity index (χ4n) is 1.45. The second-order valence-electron chi connectivity index (χ2n) is 3.06. The van der Waals surface area contributed by atoms with Gasteiger partial charge in [-0.25, -0.2) is 4.98 Å². The summed E-state index contributed by atoms with van der Waals surface area (Å²) in [7, 11) is 2.01. The van der Waals surface area contributed by atoms with E-state index in [0.717, 1.165) is 24.3 Å². The van der Waals surface area contributed by atoms with Crippen LogP contribution in [0.1, 0.15) is 11.3 Å². The Bertz CT molecular complexity index is 322. The van der Waals surface area contributed by atoms with Gasteiger partial charge in [-0.1, -0.05) is 0 Å². The van der Waals surface area contributed by atoms with E-state index in [4.69, 9.17) is 11.5 Å². The first-order chi connectivity index (χ1) is 5.66. The number of nitrogen functional groups attached to an aromatic ring is 2. The predicted molar refractivity (Wildman–Crippen MR) is 46.0 cm³/mol. The Kier molecular flexibility index (Phi) is 1.41. The molecule has 5 nitrogen and oxygen atoms in total. The van der Waals surface area contributed by atoms with Gasteiger partial charge in [-0.15, -0.1) is 0 Å². The molecule has 0 amide bonds. The average Bonchev–Trinajstić information content (AvgIpc) is 2.29. The maximum absolute atomic E-state index is 5.68. The van der Waals surface area contributed by atoms with Gasteiger partial charge < -0.3 is 11.5 Å². The predicted octanol–water partition coefficient (Wildman–Crippen LogP) is -0.414. The lowest BCUT2D eigenvalue weighted by molar-refractivity contribution is 0.351. The zero-order valence-corrected chi connectivity index (χ0v) is 6.91. The van der Waals surface area contributed by atoms with Crippen LogP contribution in [0.3, 0.4) is 0 Å². The summed E-state index contributed by atoms with van der Waals surface area (Å²) in [5.41, 5.74) is 13.1. The molecule has 0 spiro atoms. The van der Waals surface area contributed by atoms with Crippen molar-refractivity contribution >= 4 is 11.8 Å². The second kappa shape index (κ2) is 2.31. The Morgan fingerprint density at radius 2 is 2.00 bits per heavy atom. The molecule has 1 aromatic rings. The van der Waals surface area contributed by atoms with E-state index >= 15 is 0 Å². The summed E-state index contributed by atoms with van der Waals surface area (Å²) in [4.78, 5) is 10.1. The molecule has 0 bridgehead atoms. The van der Waals surface area contributed by atoms with Crippen molar-refractivity contribution in [1.82, 2.24) is 14.9 Å². The number of aromatic nitrogens is 2. The Hall–Kier alpha value is -1.36. The SMILES string of the molecule is CN1Cc2nc(N)nc(N)c2C1. The molecule has 1 aliphatic heterocycles. The minimum absolute atomic E-state index is 0.265. The molecule has 0 fully saturated rings. The van der Waals surface area contributed by atoms with Gasteiger partial charge >= 0.3 is 0 Å². The summed E-state index contributed by atoms with van der Waals surface area (Å²) in [5.74, 6) is 0.781. The first-order valence-corrected chi connectivity index (χ1v) is 3.76. The number of nitrogens with zero attached hydrogens (tertiary/aromatic N) is 3. The van der Waals surface area contributed by atoms with E-state index in [9.17, 15) is 0 Å². The van der Waals surface area contributed by atoms with E-state index < -0.39 is 0 Å². The van der Waals surface area contributed by atoms with E-state index in [1.807, 2.05) is 7.05 Å². The van der Waals surface area contributed by atoms with Gasteiger partial charge in [0.2, 0.25) is 5.95 Å². The molecule has 0 saturated carbocycles. The summed E-state index contributed by atoms with van der Waals surface area (Å²) < 4.78 is 0. The van der Waals surface area contributed by atoms with Gasteiger partial charge in [-0.05, 0) is 7.05 Å². The largest absolute Gasteiger partial charge is 0.383 e. The second-order valence-corrected chi connectivity index (χ2v) is 3.06. The number of nitrogens with two attached hydrogens (primary N) is 2. The monoisotopic (exact) mass is 165 g/mol. The highest BCUT2D eigenvalue weighted by Gasteiger charge is 2.20. The summed E-state index contributed by atoms with van der Waals surface area (Å²) in [5, 5.41) is 0. The molecule has 0 aliphatic carbocycles. The molecule has 0 aromatic carbocycles.